The van der Waals surface area contributed by atoms with Crippen LogP contribution in [0, 0.1) is 20.8 Å². The summed E-state index contributed by atoms with van der Waals surface area (Å²) in [6.45, 7) is 7.54. The van der Waals surface area contributed by atoms with Gasteiger partial charge in [-0.15, -0.1) is 0 Å². The van der Waals surface area contributed by atoms with E-state index in [-0.39, 0.29) is 5.91 Å². The maximum absolute atomic E-state index is 13.0. The van der Waals surface area contributed by atoms with Crippen LogP contribution in [0.1, 0.15) is 38.2 Å². The minimum absolute atomic E-state index is 0.134. The maximum atomic E-state index is 13.0. The van der Waals surface area contributed by atoms with Crippen LogP contribution in [0.15, 0.2) is 54.9 Å². The van der Waals surface area contributed by atoms with Crippen molar-refractivity contribution in [1.82, 2.24) is 9.88 Å². The summed E-state index contributed by atoms with van der Waals surface area (Å²) in [6, 6.07) is 14.7. The van der Waals surface area contributed by atoms with E-state index in [9.17, 15) is 4.79 Å². The second kappa shape index (κ2) is 6.41. The predicted octanol–water partition coefficient (Wildman–Crippen LogP) is 4.83. The summed E-state index contributed by atoms with van der Waals surface area (Å²) in [5.41, 5.74) is 8.87. The summed E-state index contributed by atoms with van der Waals surface area (Å²) < 4.78 is 0. The average molecular weight is 342 g/mol. The average Bonchev–Trinajstić information content (AvgIpc) is 2.91. The molecule has 4 rings (SSSR count). The minimum atomic E-state index is 0.134. The van der Waals surface area contributed by atoms with Gasteiger partial charge in [0.25, 0.3) is 5.91 Å². The molecule has 0 bridgehead atoms. The summed E-state index contributed by atoms with van der Waals surface area (Å²) >= 11 is 0. The number of aryl methyl sites for hydroxylation is 3. The third-order valence-electron chi connectivity index (χ3n) is 4.93. The molecule has 0 spiro atoms. The number of aromatic nitrogens is 1. The standard InChI is InChI=1S/C23H22N2O/c1-15-7-16(2)9-18(8-15)13-25-14-21-11-20(19-5-4-6-24-12-19)10-17(3)22(21)23(25)26/h4-12H,13-14H2,1-3H3. The van der Waals surface area contributed by atoms with Crippen LogP contribution in [0.5, 0.6) is 0 Å². The lowest BCUT2D eigenvalue weighted by atomic mass is 9.97. The summed E-state index contributed by atoms with van der Waals surface area (Å²) in [6.07, 6.45) is 3.64. The van der Waals surface area contributed by atoms with E-state index >= 15 is 0 Å². The molecule has 0 saturated carbocycles. The second-order valence-electron chi connectivity index (χ2n) is 7.23. The topological polar surface area (TPSA) is 33.2 Å². The number of fused-ring (bicyclic) bond motifs is 1. The van der Waals surface area contributed by atoms with Crippen molar-refractivity contribution < 1.29 is 4.79 Å². The molecule has 3 heteroatoms. The SMILES string of the molecule is Cc1cc(C)cc(CN2Cc3cc(-c4cccnc4)cc(C)c3C2=O)c1. The molecule has 0 unspecified atom stereocenters. The van der Waals surface area contributed by atoms with Crippen LogP contribution in [0.3, 0.4) is 0 Å². The highest BCUT2D eigenvalue weighted by Crippen LogP contribution is 2.32. The fourth-order valence-corrected chi connectivity index (χ4v) is 3.94. The van der Waals surface area contributed by atoms with E-state index in [4.69, 9.17) is 0 Å². The summed E-state index contributed by atoms with van der Waals surface area (Å²) in [7, 11) is 0. The Labute approximate surface area is 154 Å². The predicted molar refractivity (Wildman–Crippen MR) is 104 cm³/mol. The number of rotatable bonds is 3. The van der Waals surface area contributed by atoms with Gasteiger partial charge in [0.1, 0.15) is 0 Å². The Morgan fingerprint density at radius 2 is 1.77 bits per heavy atom. The van der Waals surface area contributed by atoms with E-state index in [0.29, 0.717) is 13.1 Å². The Bertz CT molecular complexity index is 972. The Morgan fingerprint density at radius 3 is 2.46 bits per heavy atom. The van der Waals surface area contributed by atoms with Gasteiger partial charge in [-0.3, -0.25) is 9.78 Å². The van der Waals surface area contributed by atoms with Crippen molar-refractivity contribution in [2.24, 2.45) is 0 Å². The second-order valence-corrected chi connectivity index (χ2v) is 7.23. The van der Waals surface area contributed by atoms with Crippen LogP contribution >= 0.6 is 0 Å². The van der Waals surface area contributed by atoms with Crippen LogP contribution in [-0.2, 0) is 13.1 Å². The van der Waals surface area contributed by atoms with E-state index in [1.807, 2.05) is 24.1 Å². The van der Waals surface area contributed by atoms with Crippen molar-refractivity contribution >= 4 is 5.91 Å². The molecule has 1 aliphatic heterocycles. The van der Waals surface area contributed by atoms with Crippen LogP contribution in [-0.4, -0.2) is 15.8 Å². The van der Waals surface area contributed by atoms with Gasteiger partial charge in [0, 0.05) is 36.6 Å². The lowest BCUT2D eigenvalue weighted by Gasteiger charge is -2.16. The number of benzene rings is 2. The molecule has 130 valence electrons. The number of hydrogen-bond donors (Lipinski definition) is 0. The molecule has 0 atom stereocenters. The van der Waals surface area contributed by atoms with E-state index in [1.165, 1.54) is 16.7 Å². The molecule has 0 aliphatic carbocycles. The van der Waals surface area contributed by atoms with Gasteiger partial charge in [0.2, 0.25) is 0 Å². The van der Waals surface area contributed by atoms with E-state index < -0.39 is 0 Å². The van der Waals surface area contributed by atoms with Crippen LogP contribution < -0.4 is 0 Å². The van der Waals surface area contributed by atoms with Gasteiger partial charge in [0.05, 0.1) is 0 Å². The number of carbonyl (C=O) groups excluding carboxylic acids is 1. The summed E-state index contributed by atoms with van der Waals surface area (Å²) in [5, 5.41) is 0. The van der Waals surface area contributed by atoms with Gasteiger partial charge in [-0.2, -0.15) is 0 Å². The normalized spacial score (nSPS) is 13.2. The molecule has 3 aromatic rings. The molecular formula is C23H22N2O. The number of carbonyl (C=O) groups is 1. The summed E-state index contributed by atoms with van der Waals surface area (Å²) in [4.78, 5) is 19.1. The first kappa shape index (κ1) is 16.5. The monoisotopic (exact) mass is 342 g/mol. The number of pyridine rings is 1. The fraction of sp³-hybridized carbons (Fsp3) is 0.217. The first-order valence-corrected chi connectivity index (χ1v) is 8.91. The molecule has 2 heterocycles. The molecule has 1 aliphatic rings. The first-order chi connectivity index (χ1) is 12.5. The first-order valence-electron chi connectivity index (χ1n) is 8.91. The molecule has 26 heavy (non-hydrogen) atoms. The lowest BCUT2D eigenvalue weighted by Crippen LogP contribution is -2.23. The quantitative estimate of drug-likeness (QED) is 0.683. The van der Waals surface area contributed by atoms with E-state index in [0.717, 1.165) is 27.8 Å². The Balaban J connectivity index is 1.66. The van der Waals surface area contributed by atoms with Gasteiger partial charge in [0.15, 0.2) is 0 Å². The van der Waals surface area contributed by atoms with Gasteiger partial charge >= 0.3 is 0 Å². The van der Waals surface area contributed by atoms with Crippen molar-refractivity contribution in [2.75, 3.05) is 0 Å². The lowest BCUT2D eigenvalue weighted by molar-refractivity contribution is 0.0766. The number of nitrogens with zero attached hydrogens (tertiary/aromatic N) is 2. The Morgan fingerprint density at radius 1 is 1.00 bits per heavy atom. The number of hydrogen-bond acceptors (Lipinski definition) is 2. The van der Waals surface area contributed by atoms with E-state index in [1.54, 1.807) is 6.20 Å². The summed E-state index contributed by atoms with van der Waals surface area (Å²) in [5.74, 6) is 0.134. The molecule has 0 fully saturated rings. The molecule has 1 aromatic heterocycles. The van der Waals surface area contributed by atoms with Crippen molar-refractivity contribution in [3.63, 3.8) is 0 Å². The van der Waals surface area contributed by atoms with Crippen molar-refractivity contribution in [2.45, 2.75) is 33.9 Å². The molecule has 0 radical (unpaired) electrons. The number of amides is 1. The van der Waals surface area contributed by atoms with Crippen LogP contribution in [0.2, 0.25) is 0 Å². The highest BCUT2D eigenvalue weighted by molar-refractivity contribution is 6.00. The third kappa shape index (κ3) is 3.01. The van der Waals surface area contributed by atoms with Gasteiger partial charge in [-0.05, 0) is 55.2 Å². The van der Waals surface area contributed by atoms with Gasteiger partial charge < -0.3 is 4.90 Å². The smallest absolute Gasteiger partial charge is 0.255 e. The third-order valence-corrected chi connectivity index (χ3v) is 4.93. The van der Waals surface area contributed by atoms with Crippen molar-refractivity contribution in [3.05, 3.63) is 88.2 Å². The maximum Gasteiger partial charge on any atom is 0.255 e. The Kier molecular flexibility index (Phi) is 4.08. The molecule has 3 nitrogen and oxygen atoms in total. The van der Waals surface area contributed by atoms with Gasteiger partial charge in [-0.25, -0.2) is 0 Å². The molecule has 1 amide bonds. The molecule has 0 N–H and O–H groups in total. The van der Waals surface area contributed by atoms with Crippen molar-refractivity contribution in [3.8, 4) is 11.1 Å². The largest absolute Gasteiger partial charge is 0.330 e. The zero-order chi connectivity index (χ0) is 18.3. The van der Waals surface area contributed by atoms with E-state index in [2.05, 4.69) is 55.2 Å². The fourth-order valence-electron chi connectivity index (χ4n) is 3.94. The minimum Gasteiger partial charge on any atom is -0.330 e. The van der Waals surface area contributed by atoms with Crippen molar-refractivity contribution in [1.29, 1.82) is 0 Å². The highest BCUT2D eigenvalue weighted by Gasteiger charge is 2.29. The van der Waals surface area contributed by atoms with Crippen LogP contribution in [0.4, 0.5) is 0 Å². The molecule has 0 saturated heterocycles. The highest BCUT2D eigenvalue weighted by atomic mass is 16.2. The Hall–Kier alpha value is -2.94. The molecule has 2 aromatic carbocycles. The zero-order valence-electron chi connectivity index (χ0n) is 15.4. The van der Waals surface area contributed by atoms with Gasteiger partial charge in [-0.1, -0.05) is 41.5 Å². The zero-order valence-corrected chi connectivity index (χ0v) is 15.4. The van der Waals surface area contributed by atoms with Crippen LogP contribution in [0.25, 0.3) is 11.1 Å². The molecular weight excluding hydrogens is 320 g/mol.